The SMILES string of the molecule is Cc1ccsc1C(=O)c1ccc(Cl)nc1. The monoisotopic (exact) mass is 237 g/mol. The van der Waals surface area contributed by atoms with Crippen LogP contribution in [0.1, 0.15) is 20.8 Å². The average Bonchev–Trinajstić information content (AvgIpc) is 2.65. The summed E-state index contributed by atoms with van der Waals surface area (Å²) in [6, 6.07) is 5.25. The lowest BCUT2D eigenvalue weighted by Crippen LogP contribution is -2.00. The minimum Gasteiger partial charge on any atom is -0.288 e. The molecule has 0 fully saturated rings. The number of carbonyl (C=O) groups excluding carboxylic acids is 1. The summed E-state index contributed by atoms with van der Waals surface area (Å²) < 4.78 is 0. The molecule has 2 nitrogen and oxygen atoms in total. The van der Waals surface area contributed by atoms with Gasteiger partial charge in [-0.3, -0.25) is 4.79 Å². The molecule has 0 aliphatic heterocycles. The van der Waals surface area contributed by atoms with Gasteiger partial charge < -0.3 is 0 Å². The van der Waals surface area contributed by atoms with Crippen LogP contribution in [0.4, 0.5) is 0 Å². The van der Waals surface area contributed by atoms with Crippen LogP contribution in [-0.4, -0.2) is 10.8 Å². The van der Waals surface area contributed by atoms with E-state index in [-0.39, 0.29) is 5.78 Å². The zero-order valence-corrected chi connectivity index (χ0v) is 9.60. The number of ketones is 1. The van der Waals surface area contributed by atoms with Gasteiger partial charge >= 0.3 is 0 Å². The minimum absolute atomic E-state index is 0.00617. The molecule has 2 aromatic rings. The Bertz CT molecular complexity index is 490. The van der Waals surface area contributed by atoms with E-state index in [9.17, 15) is 4.79 Å². The van der Waals surface area contributed by atoms with Gasteiger partial charge in [0.1, 0.15) is 5.15 Å². The predicted molar refractivity (Wildman–Crippen MR) is 61.7 cm³/mol. The molecule has 2 aromatic heterocycles. The first-order valence-electron chi connectivity index (χ1n) is 4.39. The standard InChI is InChI=1S/C11H8ClNOS/c1-7-4-5-15-11(7)10(14)8-2-3-9(12)13-6-8/h2-6H,1H3. The second-order valence-corrected chi connectivity index (χ2v) is 4.43. The topological polar surface area (TPSA) is 30.0 Å². The number of carbonyl (C=O) groups is 1. The smallest absolute Gasteiger partial charge is 0.204 e. The molecule has 0 saturated heterocycles. The van der Waals surface area contributed by atoms with Crippen molar-refractivity contribution in [2.24, 2.45) is 0 Å². The van der Waals surface area contributed by atoms with Crippen molar-refractivity contribution < 1.29 is 4.79 Å². The molecule has 2 rings (SSSR count). The fraction of sp³-hybridized carbons (Fsp3) is 0.0909. The first-order valence-corrected chi connectivity index (χ1v) is 5.64. The molecule has 15 heavy (non-hydrogen) atoms. The Balaban J connectivity index is 2.37. The summed E-state index contributed by atoms with van der Waals surface area (Å²) in [5, 5.41) is 2.31. The fourth-order valence-electron chi connectivity index (χ4n) is 1.25. The average molecular weight is 238 g/mol. The van der Waals surface area contributed by atoms with Crippen LogP contribution in [0.25, 0.3) is 0 Å². The van der Waals surface area contributed by atoms with Gasteiger partial charge in [0.15, 0.2) is 0 Å². The van der Waals surface area contributed by atoms with Gasteiger partial charge in [-0.25, -0.2) is 4.98 Å². The summed E-state index contributed by atoms with van der Waals surface area (Å²) in [6.07, 6.45) is 1.50. The number of rotatable bonds is 2. The summed E-state index contributed by atoms with van der Waals surface area (Å²) in [7, 11) is 0. The van der Waals surface area contributed by atoms with Gasteiger partial charge in [0.25, 0.3) is 0 Å². The van der Waals surface area contributed by atoms with Gasteiger partial charge in [-0.2, -0.15) is 0 Å². The van der Waals surface area contributed by atoms with Crippen LogP contribution in [-0.2, 0) is 0 Å². The Morgan fingerprint density at radius 2 is 2.20 bits per heavy atom. The number of aryl methyl sites for hydroxylation is 1. The van der Waals surface area contributed by atoms with Crippen LogP contribution in [0.5, 0.6) is 0 Å². The highest BCUT2D eigenvalue weighted by atomic mass is 35.5. The maximum atomic E-state index is 12.0. The zero-order valence-electron chi connectivity index (χ0n) is 8.03. The van der Waals surface area contributed by atoms with Crippen molar-refractivity contribution in [1.29, 1.82) is 0 Å². The summed E-state index contributed by atoms with van der Waals surface area (Å²) in [5.41, 5.74) is 1.57. The number of pyridine rings is 1. The van der Waals surface area contributed by atoms with Crippen molar-refractivity contribution in [1.82, 2.24) is 4.98 Å². The molecule has 0 saturated carbocycles. The van der Waals surface area contributed by atoms with E-state index >= 15 is 0 Å². The molecule has 0 aromatic carbocycles. The van der Waals surface area contributed by atoms with Crippen molar-refractivity contribution in [2.45, 2.75) is 6.92 Å². The van der Waals surface area contributed by atoms with Gasteiger partial charge in [-0.05, 0) is 36.1 Å². The Kier molecular flexibility index (Phi) is 2.84. The third-order valence-corrected chi connectivity index (χ3v) is 3.30. The molecule has 0 amide bonds. The molecule has 4 heteroatoms. The van der Waals surface area contributed by atoms with Crippen LogP contribution < -0.4 is 0 Å². The molecular weight excluding hydrogens is 230 g/mol. The van der Waals surface area contributed by atoms with E-state index in [0.29, 0.717) is 10.7 Å². The summed E-state index contributed by atoms with van der Waals surface area (Å²) >= 11 is 7.10. The van der Waals surface area contributed by atoms with E-state index < -0.39 is 0 Å². The van der Waals surface area contributed by atoms with Crippen molar-refractivity contribution in [3.8, 4) is 0 Å². The van der Waals surface area contributed by atoms with Crippen LogP contribution in [0.2, 0.25) is 5.15 Å². The maximum Gasteiger partial charge on any atom is 0.204 e. The zero-order chi connectivity index (χ0) is 10.8. The van der Waals surface area contributed by atoms with Crippen LogP contribution in [0, 0.1) is 6.92 Å². The van der Waals surface area contributed by atoms with Crippen molar-refractivity contribution in [2.75, 3.05) is 0 Å². The first-order chi connectivity index (χ1) is 7.18. The van der Waals surface area contributed by atoms with Crippen LogP contribution in [0.3, 0.4) is 0 Å². The number of nitrogens with zero attached hydrogens (tertiary/aromatic N) is 1. The van der Waals surface area contributed by atoms with Crippen molar-refractivity contribution >= 4 is 28.7 Å². The fourth-order valence-corrected chi connectivity index (χ4v) is 2.25. The van der Waals surface area contributed by atoms with Crippen LogP contribution >= 0.6 is 22.9 Å². The molecule has 0 aliphatic carbocycles. The van der Waals surface area contributed by atoms with E-state index in [1.165, 1.54) is 17.5 Å². The van der Waals surface area contributed by atoms with Crippen molar-refractivity contribution in [3.05, 3.63) is 50.9 Å². The number of hydrogen-bond donors (Lipinski definition) is 0. The molecular formula is C11H8ClNOS. The number of aromatic nitrogens is 1. The molecule has 0 N–H and O–H groups in total. The van der Waals surface area contributed by atoms with Gasteiger partial charge in [0, 0.05) is 11.8 Å². The van der Waals surface area contributed by atoms with E-state index in [2.05, 4.69) is 4.98 Å². The number of thiophene rings is 1. The first kappa shape index (κ1) is 10.3. The predicted octanol–water partition coefficient (Wildman–Crippen LogP) is 3.34. The maximum absolute atomic E-state index is 12.0. The summed E-state index contributed by atoms with van der Waals surface area (Å²) in [4.78, 5) is 16.6. The summed E-state index contributed by atoms with van der Waals surface area (Å²) in [6.45, 7) is 1.92. The van der Waals surface area contributed by atoms with E-state index in [0.717, 1.165) is 10.4 Å². The molecule has 0 unspecified atom stereocenters. The van der Waals surface area contributed by atoms with E-state index in [1.54, 1.807) is 12.1 Å². The third-order valence-electron chi connectivity index (χ3n) is 2.06. The molecule has 0 bridgehead atoms. The van der Waals surface area contributed by atoms with Gasteiger partial charge in [-0.15, -0.1) is 11.3 Å². The summed E-state index contributed by atoms with van der Waals surface area (Å²) in [5.74, 6) is 0.00617. The molecule has 0 spiro atoms. The molecule has 76 valence electrons. The lowest BCUT2D eigenvalue weighted by atomic mass is 10.1. The lowest BCUT2D eigenvalue weighted by molar-refractivity contribution is 0.104. The van der Waals surface area contributed by atoms with E-state index in [4.69, 9.17) is 11.6 Å². The normalized spacial score (nSPS) is 10.3. The Labute approximate surface area is 96.5 Å². The Hall–Kier alpha value is -1.19. The van der Waals surface area contributed by atoms with Crippen molar-refractivity contribution in [3.63, 3.8) is 0 Å². The second kappa shape index (κ2) is 4.13. The van der Waals surface area contributed by atoms with Gasteiger partial charge in [0.2, 0.25) is 5.78 Å². The van der Waals surface area contributed by atoms with Gasteiger partial charge in [-0.1, -0.05) is 11.6 Å². The highest BCUT2D eigenvalue weighted by Gasteiger charge is 2.12. The molecule has 2 heterocycles. The highest BCUT2D eigenvalue weighted by molar-refractivity contribution is 7.12. The third kappa shape index (κ3) is 2.08. The van der Waals surface area contributed by atoms with Crippen LogP contribution in [0.15, 0.2) is 29.8 Å². The van der Waals surface area contributed by atoms with E-state index in [1.807, 2.05) is 18.4 Å². The Morgan fingerprint density at radius 1 is 1.40 bits per heavy atom. The Morgan fingerprint density at radius 3 is 2.73 bits per heavy atom. The quantitative estimate of drug-likeness (QED) is 0.592. The largest absolute Gasteiger partial charge is 0.288 e. The molecule has 0 atom stereocenters. The second-order valence-electron chi connectivity index (χ2n) is 3.13. The minimum atomic E-state index is 0.00617. The van der Waals surface area contributed by atoms with Gasteiger partial charge in [0.05, 0.1) is 4.88 Å². The number of hydrogen-bond acceptors (Lipinski definition) is 3. The molecule has 0 aliphatic rings. The lowest BCUT2D eigenvalue weighted by Gasteiger charge is -1.99. The molecule has 0 radical (unpaired) electrons. The number of halogens is 1. The highest BCUT2D eigenvalue weighted by Crippen LogP contribution is 2.20.